The second-order valence-corrected chi connectivity index (χ2v) is 9.74. The first-order valence-corrected chi connectivity index (χ1v) is 12.8. The minimum Gasteiger partial charge on any atom is -0.362 e. The number of nitrogens with zero attached hydrogens (tertiary/aromatic N) is 2. The maximum Gasteiger partial charge on any atom is 0.273 e. The summed E-state index contributed by atoms with van der Waals surface area (Å²) in [6.45, 7) is 3.02. The van der Waals surface area contributed by atoms with Crippen LogP contribution in [0.4, 0.5) is 5.69 Å². The Morgan fingerprint density at radius 2 is 1.62 bits per heavy atom. The molecule has 0 amide bonds. The topological polar surface area (TPSA) is 37.9 Å². The molecule has 34 heavy (non-hydrogen) atoms. The molecule has 0 atom stereocenters. The lowest BCUT2D eigenvalue weighted by molar-refractivity contribution is -0.665. The second-order valence-electron chi connectivity index (χ2n) is 7.61. The predicted octanol–water partition coefficient (Wildman–Crippen LogP) is 4.66. The number of aryl methyl sites for hydroxylation is 1. The molecular weight excluding hydrogens is 458 g/mol. The number of hydrogen-bond acceptors (Lipinski definition) is 4. The van der Waals surface area contributed by atoms with Crippen molar-refractivity contribution >= 4 is 50.7 Å². The third kappa shape index (κ3) is 4.51. The molecule has 0 unspecified atom stereocenters. The van der Waals surface area contributed by atoms with Crippen molar-refractivity contribution < 1.29 is 4.57 Å². The number of rotatable bonds is 6. The summed E-state index contributed by atoms with van der Waals surface area (Å²) in [7, 11) is 0. The summed E-state index contributed by atoms with van der Waals surface area (Å²) in [4.78, 5) is 13.4. The lowest BCUT2D eigenvalue weighted by atomic mass is 10.3. The fourth-order valence-electron chi connectivity index (χ4n) is 3.84. The summed E-state index contributed by atoms with van der Waals surface area (Å²) in [5.41, 5.74) is 3.07. The van der Waals surface area contributed by atoms with Crippen LogP contribution in [0.1, 0.15) is 11.9 Å². The molecule has 0 spiro atoms. The summed E-state index contributed by atoms with van der Waals surface area (Å²) >= 11 is 3.25. The van der Waals surface area contributed by atoms with Gasteiger partial charge in [-0.1, -0.05) is 59.9 Å². The summed E-state index contributed by atoms with van der Waals surface area (Å²) in [6.07, 6.45) is 7.74. The van der Waals surface area contributed by atoms with E-state index < -0.39 is 0 Å². The van der Waals surface area contributed by atoms with Gasteiger partial charge in [-0.25, -0.2) is 0 Å². The first-order valence-electron chi connectivity index (χ1n) is 11.1. The van der Waals surface area contributed by atoms with Crippen LogP contribution in [0.3, 0.4) is 0 Å². The van der Waals surface area contributed by atoms with Crippen molar-refractivity contribution in [2.75, 3.05) is 5.32 Å². The van der Waals surface area contributed by atoms with Crippen LogP contribution in [0.2, 0.25) is 0 Å². The molecule has 2 aromatic heterocycles. The smallest absolute Gasteiger partial charge is 0.273 e. The van der Waals surface area contributed by atoms with E-state index in [1.165, 1.54) is 21.6 Å². The van der Waals surface area contributed by atoms with Crippen LogP contribution in [-0.4, -0.2) is 4.57 Å². The van der Waals surface area contributed by atoms with Crippen LogP contribution in [0.15, 0.2) is 102 Å². The monoisotopic (exact) mass is 482 g/mol. The van der Waals surface area contributed by atoms with E-state index >= 15 is 0 Å². The van der Waals surface area contributed by atoms with Gasteiger partial charge in [0.1, 0.15) is 15.9 Å². The Balaban J connectivity index is 1.63. The molecular formula is C28H24N3OS2+. The molecule has 0 saturated heterocycles. The number of allylic oxidation sites excluding steroid dienone is 1. The maximum atomic E-state index is 13.4. The first kappa shape index (κ1) is 22.1. The van der Waals surface area contributed by atoms with Gasteiger partial charge in [-0.3, -0.25) is 9.36 Å². The third-order valence-corrected chi connectivity index (χ3v) is 7.58. The first-order chi connectivity index (χ1) is 16.7. The molecule has 5 aromatic rings. The molecule has 0 aliphatic carbocycles. The molecule has 2 heterocycles. The number of para-hydroxylation sites is 3. The Morgan fingerprint density at radius 3 is 2.38 bits per heavy atom. The van der Waals surface area contributed by atoms with E-state index in [-0.39, 0.29) is 5.56 Å². The zero-order valence-electron chi connectivity index (χ0n) is 18.7. The number of benzene rings is 3. The molecule has 0 bridgehead atoms. The highest BCUT2D eigenvalue weighted by Crippen LogP contribution is 2.20. The average molecular weight is 483 g/mol. The SMILES string of the molecule is CC[n+]1c(/C=c2\s/c(=C\C=C\Nc3ccccc3)c(=O)n2-c2ccccc2)sc2ccccc21. The highest BCUT2D eigenvalue weighted by molar-refractivity contribution is 7.19. The summed E-state index contributed by atoms with van der Waals surface area (Å²) in [6, 6.07) is 28.2. The molecule has 0 radical (unpaired) electrons. The highest BCUT2D eigenvalue weighted by atomic mass is 32.1. The van der Waals surface area contributed by atoms with Gasteiger partial charge < -0.3 is 5.32 Å². The molecule has 3 aromatic carbocycles. The molecule has 0 saturated carbocycles. The maximum absolute atomic E-state index is 13.4. The summed E-state index contributed by atoms with van der Waals surface area (Å²) in [5.74, 6) is 0. The molecule has 6 heteroatoms. The van der Waals surface area contributed by atoms with Crippen LogP contribution in [0.5, 0.6) is 0 Å². The fourth-order valence-corrected chi connectivity index (χ4v) is 6.08. The molecule has 5 rings (SSSR count). The van der Waals surface area contributed by atoms with Crippen LogP contribution >= 0.6 is 22.7 Å². The van der Waals surface area contributed by atoms with Gasteiger partial charge in [0.15, 0.2) is 0 Å². The fraction of sp³-hybridized carbons (Fsp3) is 0.0714. The zero-order chi connectivity index (χ0) is 23.3. The quantitative estimate of drug-likeness (QED) is 0.358. The number of hydrogen-bond donors (Lipinski definition) is 1. The van der Waals surface area contributed by atoms with Crippen molar-refractivity contribution in [3.8, 4) is 5.69 Å². The standard InChI is InChI=1S/C28H23N3OS2/c1-2-30-23-16-9-10-17-24(23)33-26(30)20-27-31(22-14-7-4-8-15-22)28(32)25(34-27)18-11-19-29-21-12-5-3-6-13-21/h3-20H,2H2,1H3/p+1. The molecule has 1 N–H and O–H groups in total. The number of nitrogens with one attached hydrogen (secondary N) is 1. The van der Waals surface area contributed by atoms with Gasteiger partial charge >= 0.3 is 0 Å². The van der Waals surface area contributed by atoms with E-state index in [9.17, 15) is 4.79 Å². The van der Waals surface area contributed by atoms with Gasteiger partial charge in [0.05, 0.1) is 16.3 Å². The van der Waals surface area contributed by atoms with Crippen LogP contribution < -0.4 is 24.6 Å². The molecule has 168 valence electrons. The van der Waals surface area contributed by atoms with E-state index in [0.29, 0.717) is 4.53 Å². The van der Waals surface area contributed by atoms with Crippen molar-refractivity contribution in [1.82, 2.24) is 4.57 Å². The third-order valence-electron chi connectivity index (χ3n) is 5.43. The molecule has 0 aliphatic heterocycles. The molecule has 4 nitrogen and oxygen atoms in total. The summed E-state index contributed by atoms with van der Waals surface area (Å²) < 4.78 is 6.93. The van der Waals surface area contributed by atoms with E-state index in [4.69, 9.17) is 0 Å². The Labute approximate surface area is 205 Å². The molecule has 0 aliphatic rings. The summed E-state index contributed by atoms with van der Waals surface area (Å²) in [5, 5.41) is 4.36. The Hall–Kier alpha value is -3.74. The van der Waals surface area contributed by atoms with Crippen molar-refractivity contribution in [2.45, 2.75) is 13.5 Å². The molecule has 0 fully saturated rings. The van der Waals surface area contributed by atoms with E-state index in [0.717, 1.165) is 27.6 Å². The van der Waals surface area contributed by atoms with Crippen LogP contribution in [0.25, 0.3) is 28.1 Å². The van der Waals surface area contributed by atoms with E-state index in [1.54, 1.807) is 15.9 Å². The lowest BCUT2D eigenvalue weighted by Gasteiger charge is -2.00. The normalized spacial score (nSPS) is 12.7. The Morgan fingerprint density at radius 1 is 0.912 bits per heavy atom. The van der Waals surface area contributed by atoms with Gasteiger partial charge in [-0.05, 0) is 49.4 Å². The van der Waals surface area contributed by atoms with Crippen molar-refractivity contribution in [2.24, 2.45) is 0 Å². The Bertz CT molecular complexity index is 1630. The number of fused-ring (bicyclic) bond motifs is 1. The van der Waals surface area contributed by atoms with Gasteiger partial charge in [0, 0.05) is 18.0 Å². The van der Waals surface area contributed by atoms with Gasteiger partial charge in [0.2, 0.25) is 5.52 Å². The average Bonchev–Trinajstić information content (AvgIpc) is 3.39. The number of thiazole rings is 2. The van der Waals surface area contributed by atoms with Crippen molar-refractivity contribution in [3.05, 3.63) is 122 Å². The lowest BCUT2D eigenvalue weighted by Crippen LogP contribution is -2.35. The number of anilines is 1. The van der Waals surface area contributed by atoms with Gasteiger partial charge in [-0.2, -0.15) is 4.57 Å². The minimum absolute atomic E-state index is 0.0176. The minimum atomic E-state index is -0.0176. The van der Waals surface area contributed by atoms with Gasteiger partial charge in [0.25, 0.3) is 10.6 Å². The van der Waals surface area contributed by atoms with E-state index in [2.05, 4.69) is 47.1 Å². The van der Waals surface area contributed by atoms with Crippen LogP contribution in [-0.2, 0) is 6.54 Å². The zero-order valence-corrected chi connectivity index (χ0v) is 20.4. The van der Waals surface area contributed by atoms with E-state index in [1.807, 2.05) is 79.0 Å². The van der Waals surface area contributed by atoms with Crippen molar-refractivity contribution in [1.29, 1.82) is 0 Å². The van der Waals surface area contributed by atoms with Crippen molar-refractivity contribution in [3.63, 3.8) is 0 Å². The number of aromatic nitrogens is 2. The largest absolute Gasteiger partial charge is 0.362 e. The Kier molecular flexibility index (Phi) is 6.51. The van der Waals surface area contributed by atoms with Crippen LogP contribution in [0, 0.1) is 0 Å². The highest BCUT2D eigenvalue weighted by Gasteiger charge is 2.17. The predicted molar refractivity (Wildman–Crippen MR) is 144 cm³/mol. The second kappa shape index (κ2) is 10.0. The van der Waals surface area contributed by atoms with Gasteiger partial charge in [-0.15, -0.1) is 11.3 Å².